The molecule has 0 radical (unpaired) electrons. The van der Waals surface area contributed by atoms with Crippen LogP contribution in [0.3, 0.4) is 0 Å². The predicted molar refractivity (Wildman–Crippen MR) is 116 cm³/mol. The predicted octanol–water partition coefficient (Wildman–Crippen LogP) is 5.02. The molecule has 1 unspecified atom stereocenters. The van der Waals surface area contributed by atoms with Crippen LogP contribution in [-0.2, 0) is 16.1 Å². The minimum absolute atomic E-state index is 0.0666. The number of benzene rings is 2. The van der Waals surface area contributed by atoms with Crippen molar-refractivity contribution in [3.05, 3.63) is 70.2 Å². The number of hydrogen-bond donors (Lipinski definition) is 2. The Labute approximate surface area is 170 Å². The lowest BCUT2D eigenvalue weighted by molar-refractivity contribution is -0.121. The fourth-order valence-electron chi connectivity index (χ4n) is 2.75. The topological polar surface area (TPSA) is 67.5 Å². The Balaban J connectivity index is 0.00000126. The van der Waals surface area contributed by atoms with Crippen LogP contribution in [-0.4, -0.2) is 11.1 Å². The number of halogens is 1. The van der Waals surface area contributed by atoms with Gasteiger partial charge in [0, 0.05) is 11.6 Å². The average Bonchev–Trinajstić information content (AvgIpc) is 2.98. The van der Waals surface area contributed by atoms with E-state index in [1.807, 2.05) is 76.2 Å². The highest BCUT2D eigenvalue weighted by Gasteiger charge is 2.44. The molecule has 0 aromatic heterocycles. The maximum absolute atomic E-state index is 12.6. The zero-order chi connectivity index (χ0) is 20.0. The molecule has 0 saturated carbocycles. The molecule has 144 valence electrons. The largest absolute Gasteiger partial charge is 0.326 e. The summed E-state index contributed by atoms with van der Waals surface area (Å²) in [6.07, 6.45) is 0. The molecule has 2 atom stereocenters. The van der Waals surface area contributed by atoms with Crippen molar-refractivity contribution in [1.29, 1.82) is 0 Å². The summed E-state index contributed by atoms with van der Waals surface area (Å²) in [7, 11) is 0. The summed E-state index contributed by atoms with van der Waals surface area (Å²) in [5, 5.41) is 4.19. The molecule has 2 aromatic carbocycles. The van der Waals surface area contributed by atoms with Crippen LogP contribution in [0.15, 0.2) is 53.5 Å². The summed E-state index contributed by atoms with van der Waals surface area (Å²) >= 11 is 7.67. The van der Waals surface area contributed by atoms with E-state index >= 15 is 0 Å². The first kappa shape index (κ1) is 21.5. The molecule has 3 N–H and O–H groups in total. The van der Waals surface area contributed by atoms with Gasteiger partial charge in [-0.2, -0.15) is 0 Å². The smallest absolute Gasteiger partial charge is 0.246 e. The first-order chi connectivity index (χ1) is 12.9. The number of aliphatic imine (C=N–C) groups is 1. The quantitative estimate of drug-likeness (QED) is 0.753. The number of carbonyl (C=O) groups is 1. The van der Waals surface area contributed by atoms with E-state index in [4.69, 9.17) is 17.3 Å². The fourth-order valence-corrected chi connectivity index (χ4v) is 4.18. The number of carbonyl (C=O) groups excluding carboxylic acids is 1. The van der Waals surface area contributed by atoms with Gasteiger partial charge in [0.25, 0.3) is 0 Å². The van der Waals surface area contributed by atoms with Gasteiger partial charge >= 0.3 is 0 Å². The first-order valence-electron chi connectivity index (χ1n) is 9.06. The zero-order valence-electron chi connectivity index (χ0n) is 16.1. The van der Waals surface area contributed by atoms with Gasteiger partial charge in [0.05, 0.1) is 6.04 Å². The highest BCUT2D eigenvalue weighted by molar-refractivity contribution is 8.15. The third-order valence-corrected chi connectivity index (χ3v) is 5.94. The summed E-state index contributed by atoms with van der Waals surface area (Å²) in [6.45, 7) is 8.36. The van der Waals surface area contributed by atoms with Gasteiger partial charge in [-0.15, -0.1) is 0 Å². The molecule has 1 heterocycles. The minimum atomic E-state index is -0.702. The van der Waals surface area contributed by atoms with Gasteiger partial charge in [-0.3, -0.25) is 9.79 Å². The van der Waals surface area contributed by atoms with Crippen LogP contribution in [0.2, 0.25) is 5.02 Å². The first-order valence-corrected chi connectivity index (χ1v) is 10.3. The standard InChI is InChI=1S/C19H20ClN3OS.C2H6/c1-12(15-5-3-4-6-16(15)20)22-18-23-17(24)19(2,25-18)14-9-7-13(11-21)8-10-14;1-2/h3-10,12H,11,21H2,1-2H3,(H,22,23,24);1-2H3/t12-,19?;/m0./s1. The van der Waals surface area contributed by atoms with Gasteiger partial charge in [0.1, 0.15) is 4.75 Å². The van der Waals surface area contributed by atoms with Crippen molar-refractivity contribution in [1.82, 2.24) is 5.32 Å². The van der Waals surface area contributed by atoms with Crippen LogP contribution >= 0.6 is 23.4 Å². The number of nitrogens with one attached hydrogen (secondary N) is 1. The van der Waals surface area contributed by atoms with Gasteiger partial charge in [0.2, 0.25) is 5.91 Å². The summed E-state index contributed by atoms with van der Waals surface area (Å²) < 4.78 is -0.702. The third kappa shape index (κ3) is 4.72. The Kier molecular flexibility index (Phi) is 7.48. The lowest BCUT2D eigenvalue weighted by Gasteiger charge is -2.19. The minimum Gasteiger partial charge on any atom is -0.326 e. The monoisotopic (exact) mass is 403 g/mol. The average molecular weight is 404 g/mol. The molecule has 2 aromatic rings. The van der Waals surface area contributed by atoms with Gasteiger partial charge in [-0.05, 0) is 36.6 Å². The molecule has 1 aliphatic rings. The summed E-state index contributed by atoms with van der Waals surface area (Å²) in [6, 6.07) is 15.3. The Morgan fingerprint density at radius 1 is 1.19 bits per heavy atom. The van der Waals surface area contributed by atoms with Crippen LogP contribution in [0.25, 0.3) is 0 Å². The molecule has 27 heavy (non-hydrogen) atoms. The van der Waals surface area contributed by atoms with E-state index in [0.29, 0.717) is 16.7 Å². The molecule has 1 aliphatic heterocycles. The molecule has 1 fully saturated rings. The van der Waals surface area contributed by atoms with Crippen LogP contribution in [0.1, 0.15) is 50.4 Å². The highest BCUT2D eigenvalue weighted by Crippen LogP contribution is 2.42. The molecular weight excluding hydrogens is 378 g/mol. The molecule has 3 rings (SSSR count). The Bertz CT molecular complexity index is 822. The SMILES string of the molecule is CC.C[C@H](N=C1NC(=O)C(C)(c2ccc(CN)cc2)S1)c1ccccc1Cl. The third-order valence-electron chi connectivity index (χ3n) is 4.36. The normalized spacial score (nSPS) is 21.4. The van der Waals surface area contributed by atoms with E-state index in [2.05, 4.69) is 10.3 Å². The van der Waals surface area contributed by atoms with Crippen LogP contribution in [0, 0.1) is 0 Å². The Hall–Kier alpha value is -1.82. The Morgan fingerprint density at radius 3 is 2.41 bits per heavy atom. The summed E-state index contributed by atoms with van der Waals surface area (Å²) in [5.74, 6) is -0.0666. The second-order valence-electron chi connectivity index (χ2n) is 6.12. The lowest BCUT2D eigenvalue weighted by atomic mass is 9.98. The van der Waals surface area contributed by atoms with Crippen molar-refractivity contribution < 1.29 is 4.79 Å². The van der Waals surface area contributed by atoms with Gasteiger partial charge < -0.3 is 11.1 Å². The molecule has 1 amide bonds. The van der Waals surface area contributed by atoms with Crippen molar-refractivity contribution in [3.8, 4) is 0 Å². The van der Waals surface area contributed by atoms with Crippen LogP contribution in [0.5, 0.6) is 0 Å². The zero-order valence-corrected chi connectivity index (χ0v) is 17.7. The van der Waals surface area contributed by atoms with E-state index in [9.17, 15) is 4.79 Å². The van der Waals surface area contributed by atoms with E-state index in [1.165, 1.54) is 11.8 Å². The number of rotatable bonds is 4. The molecule has 4 nitrogen and oxygen atoms in total. The molecular formula is C21H26ClN3OS. The molecule has 1 saturated heterocycles. The molecule has 0 spiro atoms. The van der Waals surface area contributed by atoms with E-state index < -0.39 is 4.75 Å². The van der Waals surface area contributed by atoms with Crippen molar-refractivity contribution in [2.45, 2.75) is 45.0 Å². The van der Waals surface area contributed by atoms with Crippen molar-refractivity contribution in [3.63, 3.8) is 0 Å². The number of amides is 1. The van der Waals surface area contributed by atoms with Gasteiger partial charge in [-0.1, -0.05) is 79.7 Å². The maximum atomic E-state index is 12.6. The maximum Gasteiger partial charge on any atom is 0.246 e. The number of thioether (sulfide) groups is 1. The van der Waals surface area contributed by atoms with Gasteiger partial charge in [-0.25, -0.2) is 0 Å². The van der Waals surface area contributed by atoms with Crippen molar-refractivity contribution in [2.75, 3.05) is 0 Å². The number of amidine groups is 1. The summed E-state index contributed by atoms with van der Waals surface area (Å²) in [4.78, 5) is 17.2. The van der Waals surface area contributed by atoms with E-state index in [0.717, 1.165) is 16.7 Å². The van der Waals surface area contributed by atoms with Gasteiger partial charge in [0.15, 0.2) is 5.17 Å². The Morgan fingerprint density at radius 2 is 1.81 bits per heavy atom. The number of nitrogens with two attached hydrogens (primary N) is 1. The molecule has 6 heteroatoms. The van der Waals surface area contributed by atoms with Crippen molar-refractivity contribution in [2.24, 2.45) is 10.7 Å². The van der Waals surface area contributed by atoms with Crippen LogP contribution < -0.4 is 11.1 Å². The van der Waals surface area contributed by atoms with Crippen molar-refractivity contribution >= 4 is 34.4 Å². The molecule has 0 bridgehead atoms. The summed E-state index contributed by atoms with van der Waals surface area (Å²) in [5.41, 5.74) is 8.55. The number of nitrogens with zero attached hydrogens (tertiary/aromatic N) is 1. The van der Waals surface area contributed by atoms with E-state index in [1.54, 1.807) is 0 Å². The fraction of sp³-hybridized carbons (Fsp3) is 0.333. The second-order valence-corrected chi connectivity index (χ2v) is 7.94. The molecule has 0 aliphatic carbocycles. The number of hydrogen-bond acceptors (Lipinski definition) is 4. The van der Waals surface area contributed by atoms with E-state index in [-0.39, 0.29) is 11.9 Å². The lowest BCUT2D eigenvalue weighted by Crippen LogP contribution is -2.31. The highest BCUT2D eigenvalue weighted by atomic mass is 35.5. The van der Waals surface area contributed by atoms with Crippen LogP contribution in [0.4, 0.5) is 0 Å². The second kappa shape index (κ2) is 9.40.